The monoisotopic (exact) mass is 428 g/mol. The van der Waals surface area contributed by atoms with E-state index in [-0.39, 0.29) is 11.6 Å². The highest BCUT2D eigenvalue weighted by Crippen LogP contribution is 2.24. The summed E-state index contributed by atoms with van der Waals surface area (Å²) in [6.45, 7) is 3.43. The minimum absolute atomic E-state index is 0.00392. The maximum Gasteiger partial charge on any atom is 0.279 e. The average molecular weight is 428 g/mol. The molecule has 0 bridgehead atoms. The highest BCUT2D eigenvalue weighted by atomic mass is 32.1. The zero-order valence-electron chi connectivity index (χ0n) is 15.4. The van der Waals surface area contributed by atoms with E-state index in [1.165, 1.54) is 34.8 Å². The Hall–Kier alpha value is -2.95. The molecule has 0 saturated carbocycles. The Kier molecular flexibility index (Phi) is 5.47. The Morgan fingerprint density at radius 1 is 1.28 bits per heavy atom. The van der Waals surface area contributed by atoms with Crippen LogP contribution in [0.3, 0.4) is 0 Å². The molecule has 1 amide bonds. The first kappa shape index (κ1) is 19.4. The van der Waals surface area contributed by atoms with Crippen LogP contribution in [0.2, 0.25) is 0 Å². The van der Waals surface area contributed by atoms with E-state index in [1.54, 1.807) is 29.8 Å². The van der Waals surface area contributed by atoms with Gasteiger partial charge in [-0.1, -0.05) is 11.3 Å². The molecule has 4 aromatic rings. The number of fused-ring (bicyclic) bond motifs is 2. The van der Waals surface area contributed by atoms with Crippen molar-refractivity contribution in [1.82, 2.24) is 9.55 Å². The quantitative estimate of drug-likeness (QED) is 0.263. The molecule has 0 aliphatic rings. The third-order valence-electron chi connectivity index (χ3n) is 4.32. The van der Waals surface area contributed by atoms with Crippen LogP contribution in [0.15, 0.2) is 46.9 Å². The number of nitrogens with zero attached hydrogens (tertiary/aromatic N) is 4. The first-order chi connectivity index (χ1) is 14.1. The van der Waals surface area contributed by atoms with Crippen molar-refractivity contribution in [1.29, 1.82) is 0 Å². The molecule has 0 saturated heterocycles. The van der Waals surface area contributed by atoms with Crippen molar-refractivity contribution < 1.29 is 14.5 Å². The van der Waals surface area contributed by atoms with Crippen LogP contribution in [-0.4, -0.2) is 33.6 Å². The molecule has 0 aliphatic carbocycles. The summed E-state index contributed by atoms with van der Waals surface area (Å²) < 4.78 is 8.92. The highest BCUT2D eigenvalue weighted by Gasteiger charge is 2.14. The SMILES string of the molecule is CCOCCn1c(=NC(=O)c2ccc3ncsc3c2)sc2cc([N+](=O)[O-])ccc21. The lowest BCUT2D eigenvalue weighted by Gasteiger charge is -2.05. The van der Waals surface area contributed by atoms with Gasteiger partial charge in [0.15, 0.2) is 4.80 Å². The Bertz CT molecular complexity index is 1290. The van der Waals surface area contributed by atoms with Gasteiger partial charge in [-0.25, -0.2) is 4.98 Å². The van der Waals surface area contributed by atoms with Gasteiger partial charge in [0.2, 0.25) is 0 Å². The highest BCUT2D eigenvalue weighted by molar-refractivity contribution is 7.17. The first-order valence-electron chi connectivity index (χ1n) is 8.84. The number of carbonyl (C=O) groups is 1. The largest absolute Gasteiger partial charge is 0.380 e. The van der Waals surface area contributed by atoms with Gasteiger partial charge in [0, 0.05) is 30.8 Å². The van der Waals surface area contributed by atoms with Crippen LogP contribution in [0, 0.1) is 10.1 Å². The molecule has 2 heterocycles. The van der Waals surface area contributed by atoms with E-state index >= 15 is 0 Å². The molecule has 0 N–H and O–H groups in total. The topological polar surface area (TPSA) is 99.6 Å². The minimum atomic E-state index is -0.435. The Morgan fingerprint density at radius 3 is 2.93 bits per heavy atom. The second-order valence-corrected chi connectivity index (χ2v) is 7.99. The molecular weight excluding hydrogens is 412 g/mol. The van der Waals surface area contributed by atoms with Crippen molar-refractivity contribution in [3.8, 4) is 0 Å². The fourth-order valence-corrected chi connectivity index (χ4v) is 4.72. The van der Waals surface area contributed by atoms with E-state index < -0.39 is 4.92 Å². The van der Waals surface area contributed by atoms with E-state index in [4.69, 9.17) is 4.74 Å². The van der Waals surface area contributed by atoms with Crippen LogP contribution in [0.5, 0.6) is 0 Å². The first-order valence-corrected chi connectivity index (χ1v) is 10.5. The number of non-ortho nitro benzene ring substituents is 1. The fourth-order valence-electron chi connectivity index (χ4n) is 2.92. The number of ether oxygens (including phenoxy) is 1. The summed E-state index contributed by atoms with van der Waals surface area (Å²) in [7, 11) is 0. The van der Waals surface area contributed by atoms with Crippen molar-refractivity contribution in [3.63, 3.8) is 0 Å². The van der Waals surface area contributed by atoms with E-state index in [9.17, 15) is 14.9 Å². The van der Waals surface area contributed by atoms with Gasteiger partial charge in [0.1, 0.15) is 0 Å². The zero-order valence-corrected chi connectivity index (χ0v) is 17.0. The van der Waals surface area contributed by atoms with E-state index in [2.05, 4.69) is 9.98 Å². The van der Waals surface area contributed by atoms with Gasteiger partial charge in [-0.15, -0.1) is 11.3 Å². The molecule has 148 valence electrons. The number of nitro benzene ring substituents is 1. The number of hydrogen-bond donors (Lipinski definition) is 0. The number of hydrogen-bond acceptors (Lipinski definition) is 7. The van der Waals surface area contributed by atoms with Gasteiger partial charge >= 0.3 is 0 Å². The van der Waals surface area contributed by atoms with Gasteiger partial charge in [0.25, 0.3) is 11.6 Å². The predicted molar refractivity (Wildman–Crippen MR) is 112 cm³/mol. The molecule has 8 nitrogen and oxygen atoms in total. The van der Waals surface area contributed by atoms with Crippen LogP contribution in [0.1, 0.15) is 17.3 Å². The van der Waals surface area contributed by atoms with Gasteiger partial charge < -0.3 is 9.30 Å². The summed E-state index contributed by atoms with van der Waals surface area (Å²) in [5.74, 6) is -0.369. The van der Waals surface area contributed by atoms with Crippen LogP contribution < -0.4 is 4.80 Å². The summed E-state index contributed by atoms with van der Waals surface area (Å²) >= 11 is 2.71. The van der Waals surface area contributed by atoms with E-state index in [1.807, 2.05) is 11.5 Å². The normalized spacial score (nSPS) is 12.1. The van der Waals surface area contributed by atoms with Crippen molar-refractivity contribution in [2.24, 2.45) is 4.99 Å². The van der Waals surface area contributed by atoms with Crippen molar-refractivity contribution in [2.75, 3.05) is 13.2 Å². The molecule has 10 heteroatoms. The predicted octanol–water partition coefficient (Wildman–Crippen LogP) is 4.00. The van der Waals surface area contributed by atoms with Crippen molar-refractivity contribution >= 4 is 54.7 Å². The van der Waals surface area contributed by atoms with E-state index in [0.29, 0.717) is 34.8 Å². The lowest BCUT2D eigenvalue weighted by Crippen LogP contribution is -2.19. The van der Waals surface area contributed by atoms with Crippen LogP contribution in [0.25, 0.3) is 20.4 Å². The molecule has 0 unspecified atom stereocenters. The number of thiazole rings is 2. The number of nitro groups is 1. The van der Waals surface area contributed by atoms with Crippen LogP contribution in [0.4, 0.5) is 5.69 Å². The van der Waals surface area contributed by atoms with Crippen molar-refractivity contribution in [3.05, 3.63) is 62.4 Å². The van der Waals surface area contributed by atoms with Gasteiger partial charge in [-0.3, -0.25) is 14.9 Å². The molecule has 2 aromatic heterocycles. The third kappa shape index (κ3) is 3.95. The minimum Gasteiger partial charge on any atom is -0.380 e. The Morgan fingerprint density at radius 2 is 2.14 bits per heavy atom. The molecular formula is C19H16N4O4S2. The standard InChI is InChI=1S/C19H16N4O4S2/c1-2-27-8-7-22-15-6-4-13(23(25)26)10-17(15)29-19(22)21-18(24)12-3-5-14-16(9-12)28-11-20-14/h3-6,9-11H,2,7-8H2,1H3. The smallest absolute Gasteiger partial charge is 0.279 e. The molecule has 0 fully saturated rings. The summed E-state index contributed by atoms with van der Waals surface area (Å²) in [6.07, 6.45) is 0. The lowest BCUT2D eigenvalue weighted by atomic mass is 10.2. The average Bonchev–Trinajstić information content (AvgIpc) is 3.31. The number of benzene rings is 2. The Labute approximate surface area is 172 Å². The zero-order chi connectivity index (χ0) is 20.4. The van der Waals surface area contributed by atoms with Gasteiger partial charge in [-0.2, -0.15) is 4.99 Å². The second kappa shape index (κ2) is 8.19. The molecule has 0 aliphatic heterocycles. The van der Waals surface area contributed by atoms with Crippen LogP contribution >= 0.6 is 22.7 Å². The molecule has 0 spiro atoms. The maximum absolute atomic E-state index is 12.8. The van der Waals surface area contributed by atoms with Gasteiger partial charge in [0.05, 0.1) is 37.5 Å². The molecule has 0 atom stereocenters. The summed E-state index contributed by atoms with van der Waals surface area (Å²) in [5.41, 5.74) is 3.83. The molecule has 29 heavy (non-hydrogen) atoms. The molecule has 2 aromatic carbocycles. The molecule has 0 radical (unpaired) electrons. The van der Waals surface area contributed by atoms with E-state index in [0.717, 1.165) is 15.7 Å². The summed E-state index contributed by atoms with van der Waals surface area (Å²) in [4.78, 5) is 32.5. The molecule has 4 rings (SSSR count). The van der Waals surface area contributed by atoms with Crippen molar-refractivity contribution in [2.45, 2.75) is 13.5 Å². The maximum atomic E-state index is 12.8. The fraction of sp³-hybridized carbons (Fsp3) is 0.211. The number of rotatable bonds is 6. The van der Waals surface area contributed by atoms with Crippen LogP contribution in [-0.2, 0) is 11.3 Å². The number of carbonyl (C=O) groups excluding carboxylic acids is 1. The Balaban J connectivity index is 1.79. The number of amides is 1. The third-order valence-corrected chi connectivity index (χ3v) is 6.15. The lowest BCUT2D eigenvalue weighted by molar-refractivity contribution is -0.384. The van der Waals surface area contributed by atoms with Gasteiger partial charge in [-0.05, 0) is 31.2 Å². The summed E-state index contributed by atoms with van der Waals surface area (Å²) in [6, 6.07) is 9.92. The second-order valence-electron chi connectivity index (χ2n) is 6.09. The summed E-state index contributed by atoms with van der Waals surface area (Å²) in [5, 5.41) is 11.1. The number of aromatic nitrogens is 2.